The van der Waals surface area contributed by atoms with Gasteiger partial charge in [0.1, 0.15) is 0 Å². The number of para-hydroxylation sites is 1. The van der Waals surface area contributed by atoms with E-state index in [2.05, 4.69) is 61.3 Å². The van der Waals surface area contributed by atoms with Gasteiger partial charge in [0, 0.05) is 48.7 Å². The van der Waals surface area contributed by atoms with Crippen LogP contribution in [-0.4, -0.2) is 28.4 Å². The minimum atomic E-state index is 0.0402. The zero-order valence-electron chi connectivity index (χ0n) is 19.6. The van der Waals surface area contributed by atoms with Crippen molar-refractivity contribution in [3.8, 4) is 0 Å². The van der Waals surface area contributed by atoms with Crippen LogP contribution in [0.5, 0.6) is 0 Å². The van der Waals surface area contributed by atoms with Gasteiger partial charge >= 0.3 is 0 Å². The van der Waals surface area contributed by atoms with Crippen LogP contribution in [0.25, 0.3) is 10.9 Å². The first kappa shape index (κ1) is 22.5. The summed E-state index contributed by atoms with van der Waals surface area (Å²) in [6.45, 7) is 9.22. The third-order valence-electron chi connectivity index (χ3n) is 6.40. The first-order valence-electron chi connectivity index (χ1n) is 12.0. The molecule has 168 valence electrons. The molecule has 0 radical (unpaired) electrons. The van der Waals surface area contributed by atoms with Crippen LogP contribution in [-0.2, 0) is 19.5 Å². The van der Waals surface area contributed by atoms with E-state index >= 15 is 0 Å². The second kappa shape index (κ2) is 10.3. The SMILES string of the molecule is CC(C)CCCC(C)NC(=O)c1c2c(nc3ccccc13)CCN(Cc1ccccc1)C2. The second-order valence-corrected chi connectivity index (χ2v) is 9.57. The normalized spacial score (nSPS) is 15.0. The van der Waals surface area contributed by atoms with Crippen LogP contribution in [0.4, 0.5) is 0 Å². The van der Waals surface area contributed by atoms with E-state index in [1.807, 2.05) is 24.3 Å². The van der Waals surface area contributed by atoms with E-state index in [4.69, 9.17) is 4.98 Å². The van der Waals surface area contributed by atoms with Gasteiger partial charge in [0.15, 0.2) is 0 Å². The molecule has 32 heavy (non-hydrogen) atoms. The molecule has 1 amide bonds. The number of aromatic nitrogens is 1. The highest BCUT2D eigenvalue weighted by molar-refractivity contribution is 6.07. The summed E-state index contributed by atoms with van der Waals surface area (Å²) in [4.78, 5) is 20.9. The minimum absolute atomic E-state index is 0.0402. The van der Waals surface area contributed by atoms with Crippen molar-refractivity contribution in [2.45, 2.75) is 65.6 Å². The lowest BCUT2D eigenvalue weighted by Gasteiger charge is -2.30. The molecule has 3 aromatic rings. The number of pyridine rings is 1. The Morgan fingerprint density at radius 3 is 2.56 bits per heavy atom. The number of amides is 1. The zero-order chi connectivity index (χ0) is 22.5. The summed E-state index contributed by atoms with van der Waals surface area (Å²) in [7, 11) is 0. The van der Waals surface area contributed by atoms with E-state index in [9.17, 15) is 4.79 Å². The molecule has 1 aromatic heterocycles. The molecule has 2 heterocycles. The van der Waals surface area contributed by atoms with E-state index in [0.717, 1.165) is 66.6 Å². The maximum absolute atomic E-state index is 13.5. The molecule has 0 saturated heterocycles. The maximum Gasteiger partial charge on any atom is 0.252 e. The molecule has 1 aliphatic rings. The fourth-order valence-corrected chi connectivity index (χ4v) is 4.68. The number of rotatable bonds is 8. The number of nitrogens with one attached hydrogen (secondary N) is 1. The van der Waals surface area contributed by atoms with Gasteiger partial charge < -0.3 is 5.32 Å². The van der Waals surface area contributed by atoms with Crippen molar-refractivity contribution in [1.82, 2.24) is 15.2 Å². The van der Waals surface area contributed by atoms with Crippen molar-refractivity contribution in [2.24, 2.45) is 5.92 Å². The van der Waals surface area contributed by atoms with Crippen LogP contribution in [0, 0.1) is 5.92 Å². The van der Waals surface area contributed by atoms with Crippen LogP contribution in [0.2, 0.25) is 0 Å². The predicted molar refractivity (Wildman–Crippen MR) is 132 cm³/mol. The van der Waals surface area contributed by atoms with E-state index in [0.29, 0.717) is 5.92 Å². The quantitative estimate of drug-likeness (QED) is 0.497. The molecule has 0 aliphatic carbocycles. The molecule has 0 spiro atoms. The number of nitrogens with zero attached hydrogens (tertiary/aromatic N) is 2. The average molecular weight is 430 g/mol. The van der Waals surface area contributed by atoms with Crippen LogP contribution in [0.1, 0.15) is 67.2 Å². The number of carbonyl (C=O) groups is 1. The molecule has 4 nitrogen and oxygen atoms in total. The third-order valence-corrected chi connectivity index (χ3v) is 6.40. The van der Waals surface area contributed by atoms with Crippen molar-refractivity contribution in [1.29, 1.82) is 0 Å². The lowest BCUT2D eigenvalue weighted by molar-refractivity contribution is 0.0936. The van der Waals surface area contributed by atoms with Gasteiger partial charge in [-0.15, -0.1) is 0 Å². The highest BCUT2D eigenvalue weighted by atomic mass is 16.1. The van der Waals surface area contributed by atoms with E-state index in [-0.39, 0.29) is 11.9 Å². The first-order valence-corrected chi connectivity index (χ1v) is 12.0. The molecule has 1 atom stereocenters. The van der Waals surface area contributed by atoms with Crippen LogP contribution in [0.3, 0.4) is 0 Å². The topological polar surface area (TPSA) is 45.2 Å². The highest BCUT2D eigenvalue weighted by Gasteiger charge is 2.26. The largest absolute Gasteiger partial charge is 0.350 e. The lowest BCUT2D eigenvalue weighted by Crippen LogP contribution is -2.36. The number of hydrogen-bond acceptors (Lipinski definition) is 3. The van der Waals surface area contributed by atoms with Gasteiger partial charge in [-0.3, -0.25) is 14.7 Å². The smallest absolute Gasteiger partial charge is 0.252 e. The van der Waals surface area contributed by atoms with Gasteiger partial charge in [0.25, 0.3) is 5.91 Å². The molecule has 2 aromatic carbocycles. The maximum atomic E-state index is 13.5. The van der Waals surface area contributed by atoms with Gasteiger partial charge in [-0.25, -0.2) is 0 Å². The molecular formula is C28H35N3O. The zero-order valence-corrected chi connectivity index (χ0v) is 19.6. The Bertz CT molecular complexity index is 1060. The molecule has 0 bridgehead atoms. The molecular weight excluding hydrogens is 394 g/mol. The Kier molecular flexibility index (Phi) is 7.21. The second-order valence-electron chi connectivity index (χ2n) is 9.57. The van der Waals surface area contributed by atoms with Gasteiger partial charge in [0.05, 0.1) is 11.1 Å². The van der Waals surface area contributed by atoms with Crippen LogP contribution in [0.15, 0.2) is 54.6 Å². The Morgan fingerprint density at radius 1 is 1.03 bits per heavy atom. The average Bonchev–Trinajstić information content (AvgIpc) is 2.78. The Balaban J connectivity index is 1.59. The van der Waals surface area contributed by atoms with Crippen molar-refractivity contribution < 1.29 is 4.79 Å². The Hall–Kier alpha value is -2.72. The molecule has 4 rings (SSSR count). The predicted octanol–water partition coefficient (Wildman–Crippen LogP) is 5.74. The lowest BCUT2D eigenvalue weighted by atomic mass is 9.94. The molecule has 1 aliphatic heterocycles. The molecule has 4 heteroatoms. The first-order chi connectivity index (χ1) is 15.5. The van der Waals surface area contributed by atoms with Gasteiger partial charge in [-0.1, -0.05) is 75.2 Å². The van der Waals surface area contributed by atoms with Crippen molar-refractivity contribution in [3.63, 3.8) is 0 Å². The Morgan fingerprint density at radius 2 is 1.78 bits per heavy atom. The van der Waals surface area contributed by atoms with Crippen LogP contribution < -0.4 is 5.32 Å². The summed E-state index contributed by atoms with van der Waals surface area (Å²) in [5.41, 5.74) is 5.21. The summed E-state index contributed by atoms with van der Waals surface area (Å²) in [5, 5.41) is 4.25. The van der Waals surface area contributed by atoms with E-state index in [1.54, 1.807) is 0 Å². The molecule has 0 fully saturated rings. The molecule has 1 unspecified atom stereocenters. The number of fused-ring (bicyclic) bond motifs is 2. The van der Waals surface area contributed by atoms with Crippen molar-refractivity contribution in [2.75, 3.05) is 6.54 Å². The summed E-state index contributed by atoms with van der Waals surface area (Å²) >= 11 is 0. The highest BCUT2D eigenvalue weighted by Crippen LogP contribution is 2.29. The Labute approximate surface area is 192 Å². The van der Waals surface area contributed by atoms with Crippen molar-refractivity contribution in [3.05, 3.63) is 77.0 Å². The van der Waals surface area contributed by atoms with E-state index in [1.165, 1.54) is 12.0 Å². The molecule has 1 N–H and O–H groups in total. The van der Waals surface area contributed by atoms with Crippen molar-refractivity contribution >= 4 is 16.8 Å². The standard InChI is InChI=1S/C28H35N3O/c1-20(2)10-9-11-21(3)29-28(32)27-23-14-7-8-15-25(23)30-26-16-17-31(19-24(26)27)18-22-12-5-4-6-13-22/h4-8,12-15,20-21H,9-11,16-19H2,1-3H3,(H,29,32). The van der Waals surface area contributed by atoms with E-state index < -0.39 is 0 Å². The molecule has 0 saturated carbocycles. The summed E-state index contributed by atoms with van der Waals surface area (Å²) in [6, 6.07) is 18.8. The minimum Gasteiger partial charge on any atom is -0.350 e. The van der Waals surface area contributed by atoms with Crippen LogP contribution >= 0.6 is 0 Å². The monoisotopic (exact) mass is 429 g/mol. The fraction of sp³-hybridized carbons (Fsp3) is 0.429. The summed E-state index contributed by atoms with van der Waals surface area (Å²) < 4.78 is 0. The number of hydrogen-bond donors (Lipinski definition) is 1. The fourth-order valence-electron chi connectivity index (χ4n) is 4.68. The van der Waals surface area contributed by atoms with Gasteiger partial charge in [0.2, 0.25) is 0 Å². The van der Waals surface area contributed by atoms with Gasteiger partial charge in [-0.05, 0) is 30.9 Å². The number of carbonyl (C=O) groups excluding carboxylic acids is 1. The summed E-state index contributed by atoms with van der Waals surface area (Å²) in [5.74, 6) is 0.739. The van der Waals surface area contributed by atoms with Gasteiger partial charge in [-0.2, -0.15) is 0 Å². The third kappa shape index (κ3) is 5.36. The number of benzene rings is 2. The summed E-state index contributed by atoms with van der Waals surface area (Å²) in [6.07, 6.45) is 4.22.